The van der Waals surface area contributed by atoms with Crippen LogP contribution < -0.4 is 20.7 Å². The molecule has 7 radical (unpaired) electrons. The molecule has 4 aromatic heterocycles. The molecule has 22 atom stereocenters. The zero-order valence-corrected chi connectivity index (χ0v) is 59.8. The Hall–Kier alpha value is 0.415. The van der Waals surface area contributed by atoms with E-state index in [0.29, 0.717) is 11.0 Å². The molecule has 3 saturated heterocycles. The summed E-state index contributed by atoms with van der Waals surface area (Å²) in [5.74, 6) is -0.447. The van der Waals surface area contributed by atoms with Gasteiger partial charge in [0.05, 0.1) is 43.6 Å². The first-order chi connectivity index (χ1) is 39.2. The summed E-state index contributed by atoms with van der Waals surface area (Å²) in [4.78, 5) is 57.7. The van der Waals surface area contributed by atoms with Crippen molar-refractivity contribution in [2.75, 3.05) is 7.11 Å². The van der Waals surface area contributed by atoms with Gasteiger partial charge in [0.15, 0.2) is 34.8 Å². The molecule has 3 fully saturated rings. The Morgan fingerprint density at radius 1 is 0.819 bits per heavy atom. The number of imidazole rings is 2. The second-order valence-electron chi connectivity index (χ2n) is 18.4. The van der Waals surface area contributed by atoms with Crippen LogP contribution in [0.3, 0.4) is 0 Å². The van der Waals surface area contributed by atoms with Crippen molar-refractivity contribution in [3.63, 3.8) is 0 Å². The predicted octanol–water partition coefficient (Wildman–Crippen LogP) is 6.80. The summed E-state index contributed by atoms with van der Waals surface area (Å²) in [7, 11) is 35.1. The fourth-order valence-electron chi connectivity index (χ4n) is 8.29. The molecule has 43 heteroatoms. The van der Waals surface area contributed by atoms with Crippen molar-refractivity contribution in [1.29, 1.82) is 0 Å². The van der Waals surface area contributed by atoms with Crippen molar-refractivity contribution in [2.45, 2.75) is 115 Å². The number of nitrogens with one attached hydrogen (secondary N) is 3. The highest BCUT2D eigenvalue weighted by molar-refractivity contribution is 9.24. The van der Waals surface area contributed by atoms with Gasteiger partial charge in [-0.1, -0.05) is 44.4 Å². The van der Waals surface area contributed by atoms with Crippen molar-refractivity contribution in [1.82, 2.24) is 44.1 Å². The second kappa shape index (κ2) is 33.6. The minimum atomic E-state index is -4.38. The fraction of sp³-hybridized carbons (Fsp3) is 0.475. The molecule has 0 aliphatic carbocycles. The molecule has 443 valence electrons. The van der Waals surface area contributed by atoms with Crippen LogP contribution in [0.4, 0.5) is 0 Å². The summed E-state index contributed by atoms with van der Waals surface area (Å²) in [5, 5.41) is 35.8. The average Bonchev–Trinajstić information content (AvgIpc) is 2.30. The summed E-state index contributed by atoms with van der Waals surface area (Å²) in [6.45, 7) is 7.96. The van der Waals surface area contributed by atoms with Gasteiger partial charge in [0, 0.05) is 49.2 Å². The number of aromatic amines is 2. The van der Waals surface area contributed by atoms with Gasteiger partial charge >= 0.3 is 13.7 Å². The van der Waals surface area contributed by atoms with Crippen LogP contribution in [0.5, 0.6) is 5.75 Å². The Morgan fingerprint density at radius 2 is 1.36 bits per heavy atom. The lowest BCUT2D eigenvalue weighted by molar-refractivity contribution is -0.259. The number of esters is 1. The molecule has 24 nitrogen and oxygen atoms in total. The van der Waals surface area contributed by atoms with Crippen molar-refractivity contribution >= 4 is 189 Å². The number of fused-ring (bicyclic) bond motifs is 4. The predicted molar refractivity (Wildman–Crippen MR) is 365 cm³/mol. The van der Waals surface area contributed by atoms with Gasteiger partial charge in [-0.2, -0.15) is 5.09 Å². The number of rotatable bonds is 19. The summed E-state index contributed by atoms with van der Waals surface area (Å²) in [6.07, 6.45) is -5.22. The second-order valence-corrected chi connectivity index (χ2v) is 67.5. The number of nitrogens with zero attached hydrogens (tertiary/aromatic N) is 6. The molecule has 3 aliphatic rings. The molecule has 0 bridgehead atoms. The first kappa shape index (κ1) is 72.5. The van der Waals surface area contributed by atoms with Gasteiger partial charge < -0.3 is 58.2 Å². The van der Waals surface area contributed by atoms with Gasteiger partial charge in [-0.05, 0) is 81.0 Å². The number of ether oxygens (including phenoxy) is 6. The van der Waals surface area contributed by atoms with E-state index < -0.39 is 106 Å². The van der Waals surface area contributed by atoms with E-state index in [1.165, 1.54) is 57.9 Å². The van der Waals surface area contributed by atoms with Crippen molar-refractivity contribution in [3.8, 4) is 5.75 Å². The molecule has 83 heavy (non-hydrogen) atoms. The Labute approximate surface area is 508 Å². The Bertz CT molecular complexity index is 3230. The first-order valence-corrected chi connectivity index (χ1v) is 49.1. The van der Waals surface area contributed by atoms with Crippen molar-refractivity contribution < 1.29 is 62.1 Å². The smallest absolute Gasteiger partial charge is 0.459 e. The molecule has 11 unspecified atom stereocenters. The van der Waals surface area contributed by atoms with Gasteiger partial charge in [-0.15, -0.1) is 62.5 Å². The number of H-pyrrole nitrogens is 2. The number of aromatic nitrogens is 8. The quantitative estimate of drug-likeness (QED) is 0.0276. The van der Waals surface area contributed by atoms with Crippen LogP contribution in [0.25, 0.3) is 33.1 Å². The maximum absolute atomic E-state index is 14.3. The monoisotopic (exact) mass is 1400 g/mol. The number of carbonyl (C=O) groups is 1. The zero-order valence-electron chi connectivity index (χ0n) is 45.4. The highest BCUT2D eigenvalue weighted by atomic mass is 33.3. The third kappa shape index (κ3) is 18.8. The van der Waals surface area contributed by atoms with Crippen LogP contribution in [0.2, 0.25) is 0 Å². The van der Waals surface area contributed by atoms with Crippen LogP contribution in [-0.4, -0.2) is 172 Å². The number of aliphatic hydroxyl groups is 3. The molecule has 7 heterocycles. The number of hydrogen-bond donors (Lipinski definition) is 6. The third-order valence-electron chi connectivity index (χ3n) is 11.9. The lowest BCUT2D eigenvalue weighted by atomic mass is 8.97. The summed E-state index contributed by atoms with van der Waals surface area (Å²) in [6, 6.07) is 11.4. The number of hydrogen-bond acceptors (Lipinski definition) is 19. The van der Waals surface area contributed by atoms with Crippen LogP contribution in [0.15, 0.2) is 77.4 Å². The topological polar surface area (TPSA) is 308 Å². The standard InChI is InChI=1S/C27H32N5O9P.C13H16N4O6.B5.H15P13/c1-14(2)38-27(36)15(3)31-42(37,41-19-11-7-9-17-8-5-6-10-18(17)19)40-16(4)23-21(33)22(34)26(39-23)32-13-30-20-24(32)28-12-29-25(20)35;1-5(18)7-8-9(23-13(20-2)22-8)12(21-7)17-4-16-6-10(17)14-3-15-11(6)19;1-4-5(2)3;1-8-12(9(2)3)13(10(4)5)11(6)7/h5-16,21-23,26,33-34H,1-4H3,(H,31,37)(H,28,29,35);3-5,7-9,12-13,18H,1-2H3,(H,14,15,19);;8H,1-7H2/t15-,16-,21-,22+,23+,26+,42?;5-,7+,8+,9+,12+,13?;;/m00../s1. The Morgan fingerprint density at radius 3 is 1.87 bits per heavy atom. The van der Waals surface area contributed by atoms with E-state index in [4.69, 9.17) is 60.7 Å². The van der Waals surface area contributed by atoms with Gasteiger partial charge in [0.2, 0.25) is 0 Å². The van der Waals surface area contributed by atoms with E-state index >= 15 is 0 Å². The van der Waals surface area contributed by atoms with Gasteiger partial charge in [-0.3, -0.25) is 28.0 Å². The minimum Gasteiger partial charge on any atom is -0.462 e. The highest BCUT2D eigenvalue weighted by Crippen LogP contribution is 3.18. The molecule has 0 amide bonds. The van der Waals surface area contributed by atoms with E-state index in [2.05, 4.69) is 97.5 Å². The lowest BCUT2D eigenvalue weighted by Gasteiger charge is -2.34. The molecular formula is C40H63B5N9O15P14. The summed E-state index contributed by atoms with van der Waals surface area (Å²) in [5.41, 5.74) is -0.0941. The van der Waals surface area contributed by atoms with Crippen molar-refractivity contribution in [3.05, 3.63) is 88.5 Å². The van der Waals surface area contributed by atoms with Crippen LogP contribution >= 0.6 is 113 Å². The van der Waals surface area contributed by atoms with Crippen LogP contribution in [0, 0.1) is 0 Å². The molecule has 2 aromatic carbocycles. The third-order valence-corrected chi connectivity index (χ3v) is 87.0. The molecule has 3 aliphatic heterocycles. The lowest BCUT2D eigenvalue weighted by Crippen LogP contribution is -2.41. The number of methoxy groups -OCH3 is 1. The van der Waals surface area contributed by atoms with Gasteiger partial charge in [0.25, 0.3) is 17.6 Å². The largest absolute Gasteiger partial charge is 0.462 e. The summed E-state index contributed by atoms with van der Waals surface area (Å²) >= 11 is 0. The van der Waals surface area contributed by atoms with E-state index in [0.717, 1.165) is 13.3 Å². The van der Waals surface area contributed by atoms with Gasteiger partial charge in [-0.25, -0.2) is 24.5 Å². The zero-order chi connectivity index (χ0) is 61.2. The molecular weight excluding hydrogens is 1330 g/mol. The minimum absolute atomic E-state index is 0.0231. The highest BCUT2D eigenvalue weighted by Gasteiger charge is 2.55. The van der Waals surface area contributed by atoms with E-state index in [1.807, 2.05) is 18.2 Å². The van der Waals surface area contributed by atoms with E-state index in [9.17, 15) is 34.3 Å². The molecule has 0 saturated carbocycles. The maximum Gasteiger partial charge on any atom is 0.459 e. The SMILES string of the molecule is CC(C)OC(=O)[C@H](C)NP(=O)(Oc1cccc2ccccc12)O[C@@H](C)[C@H]1O[C@@H](n2cnc3c(=O)[nH]cnc32)[C@H](O)[C@@H]1O.COC1O[C@H]2[C@@H](O1)[C@H](n1cnc3c(=O)[nH]cnc31)O[C@@H]2[C@H](C)O.PPP(P(P)P)P(P(P)P)P(P)P.[B][B]B([B])[B]. The van der Waals surface area contributed by atoms with E-state index in [1.54, 1.807) is 49.6 Å². The molecule has 0 spiro atoms. The normalized spacial score (nSPS) is 24.5. The van der Waals surface area contributed by atoms with Crippen LogP contribution in [-0.2, 0) is 42.3 Å². The molecule has 9 rings (SSSR count). The van der Waals surface area contributed by atoms with Crippen LogP contribution in [0.1, 0.15) is 47.1 Å². The first-order valence-electron chi connectivity index (χ1n) is 24.7. The van der Waals surface area contributed by atoms with E-state index in [-0.39, 0.29) is 62.9 Å². The number of aliphatic hydroxyl groups excluding tert-OH is 3. The maximum atomic E-state index is 14.3. The molecule has 6 aromatic rings. The summed E-state index contributed by atoms with van der Waals surface area (Å²) < 4.78 is 62.5. The van der Waals surface area contributed by atoms with Crippen molar-refractivity contribution in [2.24, 2.45) is 0 Å². The fourth-order valence-corrected chi connectivity index (χ4v) is 137. The van der Waals surface area contributed by atoms with Gasteiger partial charge in [0.1, 0.15) is 48.4 Å². The Kier molecular flexibility index (Phi) is 29.4. The number of benzene rings is 2. The average molecular weight is 1400 g/mol. The Balaban J connectivity index is 0.000000224. The number of carbonyl (C=O) groups excluding carboxylic acids is 1. The molecule has 6 N–H and O–H groups in total.